The van der Waals surface area contributed by atoms with E-state index in [1.807, 2.05) is 18.3 Å². The smallest absolute Gasteiger partial charge is 0.123 e. The number of hydrogen-bond acceptors (Lipinski definition) is 5. The molecule has 0 amide bonds. The van der Waals surface area contributed by atoms with Gasteiger partial charge in [-0.15, -0.1) is 11.3 Å². The van der Waals surface area contributed by atoms with E-state index in [0.717, 1.165) is 40.6 Å². The fourth-order valence-electron chi connectivity index (χ4n) is 4.05. The lowest BCUT2D eigenvalue weighted by atomic mass is 10.2. The molecule has 2 aliphatic rings. The van der Waals surface area contributed by atoms with Crippen LogP contribution >= 0.6 is 11.3 Å². The fraction of sp³-hybridized carbons (Fsp3) is 0.526. The summed E-state index contributed by atoms with van der Waals surface area (Å²) in [5.74, 6) is 3.68. The molecule has 2 aromatic rings. The van der Waals surface area contributed by atoms with Crippen LogP contribution in [0.4, 0.5) is 0 Å². The quantitative estimate of drug-likeness (QED) is 0.806. The Balaban J connectivity index is 1.35. The van der Waals surface area contributed by atoms with Gasteiger partial charge in [0.25, 0.3) is 0 Å². The van der Waals surface area contributed by atoms with Gasteiger partial charge in [-0.3, -0.25) is 4.90 Å². The van der Waals surface area contributed by atoms with Gasteiger partial charge in [0.05, 0.1) is 7.11 Å². The topological polar surface area (TPSA) is 28.6 Å². The molecule has 0 N–H and O–H groups in total. The van der Waals surface area contributed by atoms with Crippen LogP contribution in [0, 0.1) is 17.8 Å². The zero-order valence-corrected chi connectivity index (χ0v) is 15.4. The molecule has 5 heteroatoms. The van der Waals surface area contributed by atoms with Crippen LogP contribution in [0.2, 0.25) is 0 Å². The standard InChI is InChI=1S/C19H25N3OS/c1-21(2)10-16-17-11-22(12-18(16)17)9-15-8-20-19(24-15)13-5-4-6-14(7-13)23-3/h4-8,16-18H,9-12H2,1-3H3/t16?,17-,18+. The van der Waals surface area contributed by atoms with Gasteiger partial charge < -0.3 is 9.64 Å². The highest BCUT2D eigenvalue weighted by Crippen LogP contribution is 2.52. The predicted octanol–water partition coefficient (Wildman–Crippen LogP) is 3.06. The second kappa shape index (κ2) is 6.47. The first kappa shape index (κ1) is 16.1. The monoisotopic (exact) mass is 343 g/mol. The van der Waals surface area contributed by atoms with Crippen LogP contribution in [-0.2, 0) is 6.54 Å². The number of fused-ring (bicyclic) bond motifs is 1. The number of benzene rings is 1. The minimum absolute atomic E-state index is 0.885. The van der Waals surface area contributed by atoms with Gasteiger partial charge in [-0.25, -0.2) is 4.98 Å². The highest BCUT2D eigenvalue weighted by atomic mass is 32.1. The summed E-state index contributed by atoms with van der Waals surface area (Å²) in [6.45, 7) is 4.82. The molecule has 3 atom stereocenters. The average molecular weight is 343 g/mol. The average Bonchev–Trinajstić information content (AvgIpc) is 2.99. The van der Waals surface area contributed by atoms with Crippen molar-refractivity contribution in [3.05, 3.63) is 35.3 Å². The summed E-state index contributed by atoms with van der Waals surface area (Å²) >= 11 is 1.80. The van der Waals surface area contributed by atoms with E-state index in [-0.39, 0.29) is 0 Å². The Labute approximate surface area is 148 Å². The number of thiazole rings is 1. The number of piperidine rings is 1. The zero-order valence-electron chi connectivity index (χ0n) is 14.6. The molecule has 1 saturated carbocycles. The molecular formula is C19H25N3OS. The first-order valence-electron chi connectivity index (χ1n) is 8.60. The third-order valence-electron chi connectivity index (χ3n) is 5.27. The molecule has 128 valence electrons. The summed E-state index contributed by atoms with van der Waals surface area (Å²) in [6.07, 6.45) is 2.04. The minimum Gasteiger partial charge on any atom is -0.497 e. The molecule has 1 saturated heterocycles. The number of methoxy groups -OCH3 is 1. The molecule has 2 heterocycles. The van der Waals surface area contributed by atoms with Crippen molar-refractivity contribution in [2.24, 2.45) is 17.8 Å². The second-order valence-electron chi connectivity index (χ2n) is 7.31. The Morgan fingerprint density at radius 1 is 1.29 bits per heavy atom. The molecule has 1 unspecified atom stereocenters. The maximum absolute atomic E-state index is 5.31. The van der Waals surface area contributed by atoms with Crippen molar-refractivity contribution in [1.29, 1.82) is 0 Å². The van der Waals surface area contributed by atoms with Gasteiger partial charge in [0, 0.05) is 42.8 Å². The van der Waals surface area contributed by atoms with Crippen LogP contribution in [-0.4, -0.2) is 55.6 Å². The van der Waals surface area contributed by atoms with Gasteiger partial charge in [0.2, 0.25) is 0 Å². The second-order valence-corrected chi connectivity index (χ2v) is 8.43. The van der Waals surface area contributed by atoms with E-state index in [0.29, 0.717) is 0 Å². The van der Waals surface area contributed by atoms with Crippen molar-refractivity contribution in [2.45, 2.75) is 6.54 Å². The van der Waals surface area contributed by atoms with Gasteiger partial charge in [-0.1, -0.05) is 12.1 Å². The first-order chi connectivity index (χ1) is 11.6. The third kappa shape index (κ3) is 3.21. The highest BCUT2D eigenvalue weighted by Gasteiger charge is 2.55. The molecular weight excluding hydrogens is 318 g/mol. The number of nitrogens with zero attached hydrogens (tertiary/aromatic N) is 3. The van der Waals surface area contributed by atoms with E-state index in [9.17, 15) is 0 Å². The molecule has 1 aromatic carbocycles. The zero-order chi connectivity index (χ0) is 16.7. The number of rotatable bonds is 6. The molecule has 24 heavy (non-hydrogen) atoms. The van der Waals surface area contributed by atoms with Gasteiger partial charge in [0.15, 0.2) is 0 Å². The van der Waals surface area contributed by atoms with Crippen molar-refractivity contribution in [3.63, 3.8) is 0 Å². The third-order valence-corrected chi connectivity index (χ3v) is 6.30. The molecule has 0 spiro atoms. The van der Waals surface area contributed by atoms with Crippen LogP contribution in [0.25, 0.3) is 10.6 Å². The Morgan fingerprint density at radius 2 is 2.08 bits per heavy atom. The van der Waals surface area contributed by atoms with Crippen LogP contribution in [0.5, 0.6) is 5.75 Å². The van der Waals surface area contributed by atoms with E-state index in [2.05, 4.69) is 41.0 Å². The summed E-state index contributed by atoms with van der Waals surface area (Å²) in [6, 6.07) is 8.15. The molecule has 0 radical (unpaired) electrons. The van der Waals surface area contributed by atoms with E-state index in [1.165, 1.54) is 24.5 Å². The molecule has 1 aliphatic carbocycles. The van der Waals surface area contributed by atoms with E-state index < -0.39 is 0 Å². The van der Waals surface area contributed by atoms with Crippen LogP contribution in [0.3, 0.4) is 0 Å². The first-order valence-corrected chi connectivity index (χ1v) is 9.42. The molecule has 4 rings (SSSR count). The Morgan fingerprint density at radius 3 is 2.79 bits per heavy atom. The SMILES string of the molecule is COc1cccc(-c2ncc(CN3C[C@@H]4C(CN(C)C)[C@@H]4C3)s2)c1. The predicted molar refractivity (Wildman–Crippen MR) is 98.4 cm³/mol. The van der Waals surface area contributed by atoms with Gasteiger partial charge in [-0.05, 0) is 44.0 Å². The highest BCUT2D eigenvalue weighted by molar-refractivity contribution is 7.15. The summed E-state index contributed by atoms with van der Waals surface area (Å²) in [5.41, 5.74) is 1.14. The Hall–Kier alpha value is -1.43. The maximum Gasteiger partial charge on any atom is 0.123 e. The van der Waals surface area contributed by atoms with Crippen molar-refractivity contribution < 1.29 is 4.74 Å². The number of likely N-dealkylation sites (tertiary alicyclic amines) is 1. The maximum atomic E-state index is 5.31. The Kier molecular flexibility index (Phi) is 4.33. The summed E-state index contributed by atoms with van der Waals surface area (Å²) in [4.78, 5) is 10.9. The van der Waals surface area contributed by atoms with Crippen molar-refractivity contribution in [1.82, 2.24) is 14.8 Å². The van der Waals surface area contributed by atoms with Gasteiger partial charge in [-0.2, -0.15) is 0 Å². The van der Waals surface area contributed by atoms with Crippen LogP contribution in [0.15, 0.2) is 30.5 Å². The Bertz CT molecular complexity index is 702. The molecule has 4 nitrogen and oxygen atoms in total. The lowest BCUT2D eigenvalue weighted by Gasteiger charge is -2.19. The minimum atomic E-state index is 0.885. The molecule has 0 bridgehead atoms. The lowest BCUT2D eigenvalue weighted by molar-refractivity contribution is 0.259. The van der Waals surface area contributed by atoms with E-state index in [4.69, 9.17) is 4.74 Å². The number of ether oxygens (including phenoxy) is 1. The van der Waals surface area contributed by atoms with Gasteiger partial charge >= 0.3 is 0 Å². The lowest BCUT2D eigenvalue weighted by Crippen LogP contribution is -2.26. The van der Waals surface area contributed by atoms with Crippen LogP contribution < -0.4 is 4.74 Å². The number of aromatic nitrogens is 1. The van der Waals surface area contributed by atoms with E-state index in [1.54, 1.807) is 18.4 Å². The fourth-order valence-corrected chi connectivity index (χ4v) is 5.00. The largest absolute Gasteiger partial charge is 0.497 e. The van der Waals surface area contributed by atoms with Crippen LogP contribution in [0.1, 0.15) is 4.88 Å². The molecule has 2 fully saturated rings. The van der Waals surface area contributed by atoms with Gasteiger partial charge in [0.1, 0.15) is 10.8 Å². The molecule has 1 aliphatic heterocycles. The van der Waals surface area contributed by atoms with Crippen molar-refractivity contribution in [3.8, 4) is 16.3 Å². The summed E-state index contributed by atoms with van der Waals surface area (Å²) in [7, 11) is 6.07. The van der Waals surface area contributed by atoms with Crippen molar-refractivity contribution >= 4 is 11.3 Å². The normalized spacial score (nSPS) is 25.9. The summed E-state index contributed by atoms with van der Waals surface area (Å²) in [5, 5.41) is 1.08. The summed E-state index contributed by atoms with van der Waals surface area (Å²) < 4.78 is 5.31. The van der Waals surface area contributed by atoms with E-state index >= 15 is 0 Å². The molecule has 1 aromatic heterocycles. The van der Waals surface area contributed by atoms with Crippen molar-refractivity contribution in [2.75, 3.05) is 40.8 Å². The number of hydrogen-bond donors (Lipinski definition) is 0.